The molecule has 2 N–H and O–H groups in total. The van der Waals surface area contributed by atoms with Crippen molar-refractivity contribution in [2.24, 2.45) is 0 Å². The van der Waals surface area contributed by atoms with E-state index in [4.69, 9.17) is 20.8 Å². The quantitative estimate of drug-likeness (QED) is 0.240. The lowest BCUT2D eigenvalue weighted by atomic mass is 10.1. The molecule has 10 heteroatoms. The zero-order valence-corrected chi connectivity index (χ0v) is 20.2. The zero-order valence-electron chi connectivity index (χ0n) is 19.4. The summed E-state index contributed by atoms with van der Waals surface area (Å²) in [5.74, 6) is 0.100. The van der Waals surface area contributed by atoms with E-state index in [1.807, 2.05) is 0 Å². The van der Waals surface area contributed by atoms with Gasteiger partial charge in [0.05, 0.1) is 5.52 Å². The Morgan fingerprint density at radius 1 is 0.946 bits per heavy atom. The maximum atomic E-state index is 12.7. The minimum absolute atomic E-state index is 0.0613. The molecule has 0 spiro atoms. The average Bonchev–Trinajstić information content (AvgIpc) is 2.88. The van der Waals surface area contributed by atoms with Crippen LogP contribution in [0.1, 0.15) is 6.92 Å². The number of para-hydroxylation sites is 1. The van der Waals surface area contributed by atoms with Gasteiger partial charge < -0.3 is 19.8 Å². The van der Waals surface area contributed by atoms with Gasteiger partial charge in [0.25, 0.3) is 5.91 Å². The van der Waals surface area contributed by atoms with Crippen LogP contribution >= 0.6 is 11.6 Å². The van der Waals surface area contributed by atoms with Crippen LogP contribution in [-0.2, 0) is 9.59 Å². The van der Waals surface area contributed by atoms with Crippen molar-refractivity contribution in [3.8, 4) is 17.1 Å². The van der Waals surface area contributed by atoms with Crippen LogP contribution in [0.3, 0.4) is 0 Å². The van der Waals surface area contributed by atoms with Gasteiger partial charge in [-0.15, -0.1) is 0 Å². The van der Waals surface area contributed by atoms with Crippen LogP contribution in [0.25, 0.3) is 33.3 Å². The van der Waals surface area contributed by atoms with Crippen molar-refractivity contribution in [2.45, 2.75) is 6.92 Å². The molecule has 184 valence electrons. The van der Waals surface area contributed by atoms with Crippen LogP contribution in [0.15, 0.2) is 82.0 Å². The first kappa shape index (κ1) is 24.0. The second-order valence-corrected chi connectivity index (χ2v) is 8.49. The van der Waals surface area contributed by atoms with Gasteiger partial charge >= 0.3 is 5.63 Å². The molecule has 5 aromatic rings. The molecule has 2 amide bonds. The van der Waals surface area contributed by atoms with Crippen molar-refractivity contribution >= 4 is 56.8 Å². The van der Waals surface area contributed by atoms with Crippen molar-refractivity contribution in [1.82, 2.24) is 9.97 Å². The lowest BCUT2D eigenvalue weighted by Crippen LogP contribution is -2.20. The molecule has 5 rings (SSSR count). The minimum atomic E-state index is -0.648. The van der Waals surface area contributed by atoms with E-state index >= 15 is 0 Å². The average molecular weight is 515 g/mol. The van der Waals surface area contributed by atoms with Gasteiger partial charge in [0, 0.05) is 28.6 Å². The van der Waals surface area contributed by atoms with E-state index in [-0.39, 0.29) is 29.6 Å². The van der Waals surface area contributed by atoms with Crippen LogP contribution in [0.2, 0.25) is 5.02 Å². The van der Waals surface area contributed by atoms with Crippen LogP contribution < -0.4 is 21.0 Å². The first-order chi connectivity index (χ1) is 17.9. The third-order valence-corrected chi connectivity index (χ3v) is 5.61. The van der Waals surface area contributed by atoms with E-state index < -0.39 is 5.63 Å². The van der Waals surface area contributed by atoms with Gasteiger partial charge in [-0.1, -0.05) is 23.7 Å². The van der Waals surface area contributed by atoms with Crippen molar-refractivity contribution in [3.63, 3.8) is 0 Å². The predicted octanol–water partition coefficient (Wildman–Crippen LogP) is 5.03. The molecule has 0 fully saturated rings. The highest BCUT2D eigenvalue weighted by Gasteiger charge is 2.18. The number of ether oxygens (including phenoxy) is 1. The van der Waals surface area contributed by atoms with Gasteiger partial charge in [-0.2, -0.15) is 0 Å². The molecule has 3 aromatic carbocycles. The predicted molar refractivity (Wildman–Crippen MR) is 141 cm³/mol. The third kappa shape index (κ3) is 5.26. The summed E-state index contributed by atoms with van der Waals surface area (Å²) in [5, 5.41) is 6.60. The summed E-state index contributed by atoms with van der Waals surface area (Å²) < 4.78 is 11.0. The van der Waals surface area contributed by atoms with E-state index in [0.717, 1.165) is 0 Å². The molecule has 0 aliphatic carbocycles. The number of rotatable bonds is 6. The molecule has 2 heterocycles. The normalized spacial score (nSPS) is 10.9. The molecule has 0 atom stereocenters. The highest BCUT2D eigenvalue weighted by molar-refractivity contribution is 6.30. The van der Waals surface area contributed by atoms with Gasteiger partial charge in [0.2, 0.25) is 5.91 Å². The Balaban J connectivity index is 1.42. The number of nitrogens with one attached hydrogen (secondary N) is 2. The first-order valence-corrected chi connectivity index (χ1v) is 11.5. The number of amides is 2. The summed E-state index contributed by atoms with van der Waals surface area (Å²) in [6.45, 7) is 1.13. The molecule has 0 aliphatic heterocycles. The van der Waals surface area contributed by atoms with Gasteiger partial charge in [0.15, 0.2) is 18.2 Å². The summed E-state index contributed by atoms with van der Waals surface area (Å²) >= 11 is 5.86. The van der Waals surface area contributed by atoms with Crippen LogP contribution in [-0.4, -0.2) is 28.4 Å². The highest BCUT2D eigenvalue weighted by atomic mass is 35.5. The number of carbonyl (C=O) groups is 2. The number of nitrogens with zero attached hydrogens (tertiary/aromatic N) is 2. The standard InChI is InChI=1S/C27H19ClN4O5/c1-15(33)29-26-23-24(20-4-2-3-5-21(20)37-27(23)35)31-25(32-26)16-6-12-19(13-7-16)36-14-22(34)30-18-10-8-17(28)9-11-18/h2-13H,14H2,1H3,(H,30,34)(H,29,31,32,33). The molecule has 0 saturated heterocycles. The summed E-state index contributed by atoms with van der Waals surface area (Å²) in [6.07, 6.45) is 0. The van der Waals surface area contributed by atoms with Crippen molar-refractivity contribution < 1.29 is 18.7 Å². The van der Waals surface area contributed by atoms with E-state index in [2.05, 4.69) is 20.6 Å². The van der Waals surface area contributed by atoms with Gasteiger partial charge in [-0.05, 0) is 60.7 Å². The third-order valence-electron chi connectivity index (χ3n) is 5.36. The van der Waals surface area contributed by atoms with Crippen LogP contribution in [0.5, 0.6) is 5.75 Å². The Morgan fingerprint density at radius 3 is 2.41 bits per heavy atom. The van der Waals surface area contributed by atoms with Gasteiger partial charge in [-0.25, -0.2) is 14.8 Å². The number of aromatic nitrogens is 2. The van der Waals surface area contributed by atoms with Gasteiger partial charge in [-0.3, -0.25) is 9.59 Å². The van der Waals surface area contributed by atoms with E-state index in [0.29, 0.717) is 44.3 Å². The molecular weight excluding hydrogens is 496 g/mol. The second-order valence-electron chi connectivity index (χ2n) is 8.05. The number of hydrogen-bond acceptors (Lipinski definition) is 7. The summed E-state index contributed by atoms with van der Waals surface area (Å²) in [5.41, 5.74) is 1.31. The molecular formula is C27H19ClN4O5. The minimum Gasteiger partial charge on any atom is -0.484 e. The molecule has 0 bridgehead atoms. The Bertz CT molecular complexity index is 1700. The number of anilines is 2. The number of hydrogen-bond donors (Lipinski definition) is 2. The van der Waals surface area contributed by atoms with Crippen LogP contribution in [0.4, 0.5) is 11.5 Å². The van der Waals surface area contributed by atoms with Crippen molar-refractivity contribution in [1.29, 1.82) is 0 Å². The molecule has 0 unspecified atom stereocenters. The maximum Gasteiger partial charge on any atom is 0.349 e. The number of carbonyl (C=O) groups excluding carboxylic acids is 2. The molecule has 37 heavy (non-hydrogen) atoms. The Morgan fingerprint density at radius 2 is 1.68 bits per heavy atom. The fraction of sp³-hybridized carbons (Fsp3) is 0.0741. The molecule has 2 aromatic heterocycles. The Kier molecular flexibility index (Phi) is 6.53. The Hall–Kier alpha value is -4.76. The fourth-order valence-electron chi connectivity index (χ4n) is 3.72. The molecule has 0 aliphatic rings. The van der Waals surface area contributed by atoms with Crippen molar-refractivity contribution in [2.75, 3.05) is 17.2 Å². The summed E-state index contributed by atoms with van der Waals surface area (Å²) in [7, 11) is 0. The molecule has 0 radical (unpaired) electrons. The van der Waals surface area contributed by atoms with Crippen molar-refractivity contribution in [3.05, 3.63) is 88.2 Å². The van der Waals surface area contributed by atoms with Crippen LogP contribution in [0, 0.1) is 0 Å². The highest BCUT2D eigenvalue weighted by Crippen LogP contribution is 2.29. The number of halogens is 1. The summed E-state index contributed by atoms with van der Waals surface area (Å²) in [6, 6.07) is 20.5. The topological polar surface area (TPSA) is 123 Å². The second kappa shape index (κ2) is 10.1. The van der Waals surface area contributed by atoms with E-state index in [9.17, 15) is 14.4 Å². The Labute approximate surface area is 215 Å². The number of fused-ring (bicyclic) bond motifs is 3. The molecule has 0 saturated carbocycles. The smallest absolute Gasteiger partial charge is 0.349 e. The maximum absolute atomic E-state index is 12.7. The van der Waals surface area contributed by atoms with Gasteiger partial charge in [0.1, 0.15) is 16.7 Å². The lowest BCUT2D eigenvalue weighted by Gasteiger charge is -2.11. The number of benzene rings is 3. The fourth-order valence-corrected chi connectivity index (χ4v) is 3.84. The summed E-state index contributed by atoms with van der Waals surface area (Å²) in [4.78, 5) is 45.7. The lowest BCUT2D eigenvalue weighted by molar-refractivity contribution is -0.118. The van der Waals surface area contributed by atoms with E-state index in [1.54, 1.807) is 72.8 Å². The van der Waals surface area contributed by atoms with E-state index in [1.165, 1.54) is 6.92 Å². The SMILES string of the molecule is CC(=O)Nc1nc(-c2ccc(OCC(=O)Nc3ccc(Cl)cc3)cc2)nc2c1c(=O)oc1ccccc12. The first-order valence-electron chi connectivity index (χ1n) is 11.2. The zero-order chi connectivity index (χ0) is 25.9. The monoisotopic (exact) mass is 514 g/mol. The molecule has 9 nitrogen and oxygen atoms in total. The largest absolute Gasteiger partial charge is 0.484 e.